The summed E-state index contributed by atoms with van der Waals surface area (Å²) in [4.78, 5) is 11.8. The Morgan fingerprint density at radius 3 is 2.48 bits per heavy atom. The van der Waals surface area contributed by atoms with E-state index in [9.17, 15) is 4.79 Å². The van der Waals surface area contributed by atoms with Crippen LogP contribution < -0.4 is 16.8 Å². The van der Waals surface area contributed by atoms with E-state index in [0.717, 1.165) is 11.1 Å². The van der Waals surface area contributed by atoms with Gasteiger partial charge < -0.3 is 16.8 Å². The van der Waals surface area contributed by atoms with Crippen molar-refractivity contribution in [3.63, 3.8) is 0 Å². The Hall–Kier alpha value is -2.33. The molecule has 0 aliphatic rings. The predicted octanol–water partition coefficient (Wildman–Crippen LogP) is 1.80. The topological polar surface area (TPSA) is 81.1 Å². The number of benzene rings is 2. The van der Waals surface area contributed by atoms with Crippen LogP contribution in [0.2, 0.25) is 0 Å². The molecule has 2 aromatic carbocycles. The van der Waals surface area contributed by atoms with Crippen molar-refractivity contribution in [2.24, 2.45) is 5.73 Å². The standard InChI is InChI=1S/C17H21N3O/c1-17(20-16(21)12-18,11-13-6-3-2-4-7-13)14-8-5-9-15(19)10-14/h2-10H,11-12,18-19H2,1H3,(H,20,21). The van der Waals surface area contributed by atoms with Crippen LogP contribution in [0, 0.1) is 0 Å². The number of hydrogen-bond acceptors (Lipinski definition) is 3. The lowest BCUT2D eigenvalue weighted by atomic mass is 9.85. The van der Waals surface area contributed by atoms with Gasteiger partial charge in [0.2, 0.25) is 5.91 Å². The zero-order valence-corrected chi connectivity index (χ0v) is 12.2. The first kappa shape index (κ1) is 15.1. The van der Waals surface area contributed by atoms with Gasteiger partial charge in [0.25, 0.3) is 0 Å². The minimum atomic E-state index is -0.548. The van der Waals surface area contributed by atoms with E-state index in [1.54, 1.807) is 0 Å². The number of nitrogens with two attached hydrogens (primary N) is 2. The van der Waals surface area contributed by atoms with Crippen LogP contribution in [0.3, 0.4) is 0 Å². The molecule has 0 aromatic heterocycles. The van der Waals surface area contributed by atoms with Gasteiger partial charge in [0.05, 0.1) is 12.1 Å². The van der Waals surface area contributed by atoms with Crippen molar-refractivity contribution in [1.82, 2.24) is 5.32 Å². The van der Waals surface area contributed by atoms with Crippen molar-refractivity contribution in [1.29, 1.82) is 0 Å². The van der Waals surface area contributed by atoms with Gasteiger partial charge in [0.1, 0.15) is 0 Å². The van der Waals surface area contributed by atoms with Crippen molar-refractivity contribution in [2.45, 2.75) is 18.9 Å². The van der Waals surface area contributed by atoms with E-state index >= 15 is 0 Å². The maximum atomic E-state index is 11.8. The Balaban J connectivity index is 2.36. The molecule has 0 saturated heterocycles. The number of nitrogens with one attached hydrogen (secondary N) is 1. The summed E-state index contributed by atoms with van der Waals surface area (Å²) < 4.78 is 0. The molecule has 4 nitrogen and oxygen atoms in total. The SMILES string of the molecule is CC(Cc1ccccc1)(NC(=O)CN)c1cccc(N)c1. The molecule has 0 fully saturated rings. The van der Waals surface area contributed by atoms with E-state index in [2.05, 4.69) is 5.32 Å². The average Bonchev–Trinajstić information content (AvgIpc) is 2.48. The zero-order valence-electron chi connectivity index (χ0n) is 12.2. The van der Waals surface area contributed by atoms with E-state index < -0.39 is 5.54 Å². The molecule has 1 amide bonds. The van der Waals surface area contributed by atoms with Crippen molar-refractivity contribution in [3.05, 3.63) is 65.7 Å². The third-order valence-electron chi connectivity index (χ3n) is 3.52. The number of rotatable bonds is 5. The van der Waals surface area contributed by atoms with Gasteiger partial charge in [0, 0.05) is 5.69 Å². The fourth-order valence-corrected chi connectivity index (χ4v) is 2.46. The molecule has 0 heterocycles. The number of carbonyl (C=O) groups is 1. The molecule has 2 aromatic rings. The second-order valence-corrected chi connectivity index (χ2v) is 5.37. The average molecular weight is 283 g/mol. The van der Waals surface area contributed by atoms with Crippen molar-refractivity contribution < 1.29 is 4.79 Å². The lowest BCUT2D eigenvalue weighted by Gasteiger charge is -2.32. The van der Waals surface area contributed by atoms with Gasteiger partial charge in [-0.15, -0.1) is 0 Å². The molecular formula is C17H21N3O. The van der Waals surface area contributed by atoms with E-state index in [1.165, 1.54) is 0 Å². The van der Waals surface area contributed by atoms with Gasteiger partial charge in [0.15, 0.2) is 0 Å². The highest BCUT2D eigenvalue weighted by molar-refractivity contribution is 5.79. The molecule has 4 heteroatoms. The van der Waals surface area contributed by atoms with Crippen LogP contribution in [0.4, 0.5) is 5.69 Å². The molecule has 110 valence electrons. The van der Waals surface area contributed by atoms with Crippen molar-refractivity contribution in [2.75, 3.05) is 12.3 Å². The van der Waals surface area contributed by atoms with E-state index in [4.69, 9.17) is 11.5 Å². The molecule has 2 rings (SSSR count). The summed E-state index contributed by atoms with van der Waals surface area (Å²) in [7, 11) is 0. The van der Waals surface area contributed by atoms with E-state index in [1.807, 2.05) is 61.5 Å². The predicted molar refractivity (Wildman–Crippen MR) is 85.5 cm³/mol. The minimum absolute atomic E-state index is 0.0350. The van der Waals surface area contributed by atoms with Gasteiger partial charge in [-0.05, 0) is 36.6 Å². The van der Waals surface area contributed by atoms with Gasteiger partial charge in [-0.2, -0.15) is 0 Å². The quantitative estimate of drug-likeness (QED) is 0.732. The maximum absolute atomic E-state index is 11.8. The molecule has 0 radical (unpaired) electrons. The van der Waals surface area contributed by atoms with E-state index in [-0.39, 0.29) is 12.5 Å². The molecule has 0 aliphatic heterocycles. The third kappa shape index (κ3) is 3.83. The Morgan fingerprint density at radius 1 is 1.14 bits per heavy atom. The molecule has 0 saturated carbocycles. The summed E-state index contributed by atoms with van der Waals surface area (Å²) in [5.41, 5.74) is 13.5. The lowest BCUT2D eigenvalue weighted by Crippen LogP contribution is -2.47. The molecule has 0 bridgehead atoms. The fourth-order valence-electron chi connectivity index (χ4n) is 2.46. The summed E-state index contributed by atoms with van der Waals surface area (Å²) in [6.45, 7) is 1.95. The monoisotopic (exact) mass is 283 g/mol. The first-order chi connectivity index (χ1) is 10.0. The van der Waals surface area contributed by atoms with Gasteiger partial charge in [-0.1, -0.05) is 42.5 Å². The normalized spacial score (nSPS) is 13.4. The number of hydrogen-bond donors (Lipinski definition) is 3. The second kappa shape index (κ2) is 6.41. The number of carbonyl (C=O) groups excluding carboxylic acids is 1. The zero-order chi connectivity index (χ0) is 15.3. The maximum Gasteiger partial charge on any atom is 0.234 e. The molecular weight excluding hydrogens is 262 g/mol. The summed E-state index contributed by atoms with van der Waals surface area (Å²) >= 11 is 0. The molecule has 0 aliphatic carbocycles. The smallest absolute Gasteiger partial charge is 0.234 e. The van der Waals surface area contributed by atoms with Crippen LogP contribution in [0.25, 0.3) is 0 Å². The van der Waals surface area contributed by atoms with Crippen LogP contribution in [-0.2, 0) is 16.8 Å². The van der Waals surface area contributed by atoms with Crippen molar-refractivity contribution in [3.8, 4) is 0 Å². The Labute approximate surface area is 125 Å². The third-order valence-corrected chi connectivity index (χ3v) is 3.52. The van der Waals surface area contributed by atoms with Crippen LogP contribution in [0.5, 0.6) is 0 Å². The largest absolute Gasteiger partial charge is 0.399 e. The molecule has 1 atom stereocenters. The van der Waals surface area contributed by atoms with Crippen LogP contribution in [-0.4, -0.2) is 12.5 Å². The number of nitrogen functional groups attached to an aromatic ring is 1. The molecule has 1 unspecified atom stereocenters. The van der Waals surface area contributed by atoms with Crippen LogP contribution in [0.1, 0.15) is 18.1 Å². The summed E-state index contributed by atoms with van der Waals surface area (Å²) in [5, 5.41) is 3.02. The second-order valence-electron chi connectivity index (χ2n) is 5.37. The Morgan fingerprint density at radius 2 is 1.86 bits per heavy atom. The van der Waals surface area contributed by atoms with E-state index in [0.29, 0.717) is 12.1 Å². The number of amides is 1. The Bertz CT molecular complexity index is 612. The first-order valence-electron chi connectivity index (χ1n) is 6.94. The lowest BCUT2D eigenvalue weighted by molar-refractivity contribution is -0.121. The number of anilines is 1. The van der Waals surface area contributed by atoms with Crippen molar-refractivity contribution >= 4 is 11.6 Å². The molecule has 0 spiro atoms. The first-order valence-corrected chi connectivity index (χ1v) is 6.94. The highest BCUT2D eigenvalue weighted by atomic mass is 16.2. The van der Waals surface area contributed by atoms with Gasteiger partial charge >= 0.3 is 0 Å². The van der Waals surface area contributed by atoms with Crippen LogP contribution in [0.15, 0.2) is 54.6 Å². The van der Waals surface area contributed by atoms with Crippen LogP contribution >= 0.6 is 0 Å². The molecule has 21 heavy (non-hydrogen) atoms. The summed E-state index contributed by atoms with van der Waals surface area (Å²) in [6.07, 6.45) is 0.670. The molecule has 5 N–H and O–H groups in total. The summed E-state index contributed by atoms with van der Waals surface area (Å²) in [5.74, 6) is -0.184. The highest BCUT2D eigenvalue weighted by Crippen LogP contribution is 2.27. The Kier molecular flexibility index (Phi) is 4.60. The van der Waals surface area contributed by atoms with Gasteiger partial charge in [-0.3, -0.25) is 4.79 Å². The highest BCUT2D eigenvalue weighted by Gasteiger charge is 2.28. The fraction of sp³-hybridized carbons (Fsp3) is 0.235. The summed E-state index contributed by atoms with van der Waals surface area (Å²) in [6, 6.07) is 17.6. The van der Waals surface area contributed by atoms with Gasteiger partial charge in [-0.25, -0.2) is 0 Å². The minimum Gasteiger partial charge on any atom is -0.399 e.